The number of nitrogens with zero attached hydrogens (tertiary/aromatic N) is 1. The molecular weight excluding hydrogens is 418 g/mol. The van der Waals surface area contributed by atoms with E-state index in [9.17, 15) is 19.8 Å². The van der Waals surface area contributed by atoms with Crippen LogP contribution in [0.3, 0.4) is 0 Å². The van der Waals surface area contributed by atoms with Crippen LogP contribution in [0.5, 0.6) is 11.5 Å². The van der Waals surface area contributed by atoms with E-state index in [1.165, 1.54) is 11.0 Å². The number of Topliss-reactive ketones (excluding diaryl/α,β-unsaturated/α-hetero) is 1. The van der Waals surface area contributed by atoms with E-state index in [0.29, 0.717) is 16.9 Å². The summed E-state index contributed by atoms with van der Waals surface area (Å²) >= 11 is 0. The van der Waals surface area contributed by atoms with Crippen molar-refractivity contribution in [3.8, 4) is 11.5 Å². The lowest BCUT2D eigenvalue weighted by atomic mass is 9.93. The van der Waals surface area contributed by atoms with E-state index in [1.54, 1.807) is 67.8 Å². The predicted molar refractivity (Wildman–Crippen MR) is 126 cm³/mol. The Labute approximate surface area is 192 Å². The Bertz CT molecular complexity index is 1250. The van der Waals surface area contributed by atoms with Crippen LogP contribution < -0.4 is 9.64 Å². The summed E-state index contributed by atoms with van der Waals surface area (Å²) in [6, 6.07) is 19.6. The van der Waals surface area contributed by atoms with E-state index in [2.05, 4.69) is 0 Å². The van der Waals surface area contributed by atoms with Crippen molar-refractivity contribution >= 4 is 23.1 Å². The first kappa shape index (κ1) is 22.1. The number of rotatable bonds is 5. The van der Waals surface area contributed by atoms with Gasteiger partial charge in [-0.3, -0.25) is 14.5 Å². The molecule has 1 aliphatic rings. The van der Waals surface area contributed by atoms with E-state index < -0.39 is 17.7 Å². The third kappa shape index (κ3) is 3.84. The van der Waals surface area contributed by atoms with Crippen molar-refractivity contribution < 1.29 is 24.5 Å². The number of para-hydroxylation sites is 2. The number of methoxy groups -OCH3 is 1. The van der Waals surface area contributed by atoms with Gasteiger partial charge in [0.1, 0.15) is 17.3 Å². The number of hydrogen-bond acceptors (Lipinski definition) is 5. The van der Waals surface area contributed by atoms with Crippen LogP contribution in [0, 0.1) is 0 Å². The SMILES string of the molecule is COc1ccc(/C(O)=C2/C(=O)C(=O)N(c3ccccc3O)C2c2ccccc2)cc1C(C)C. The summed E-state index contributed by atoms with van der Waals surface area (Å²) in [5.74, 6) is -1.25. The van der Waals surface area contributed by atoms with Gasteiger partial charge < -0.3 is 14.9 Å². The first-order valence-corrected chi connectivity index (χ1v) is 10.7. The lowest BCUT2D eigenvalue weighted by molar-refractivity contribution is -0.132. The van der Waals surface area contributed by atoms with Crippen LogP contribution in [0.15, 0.2) is 78.4 Å². The van der Waals surface area contributed by atoms with E-state index in [-0.39, 0.29) is 28.7 Å². The number of hydrogen-bond donors (Lipinski definition) is 2. The molecule has 1 saturated heterocycles. The first-order valence-electron chi connectivity index (χ1n) is 10.7. The zero-order chi connectivity index (χ0) is 23.7. The van der Waals surface area contributed by atoms with Crippen LogP contribution in [-0.2, 0) is 9.59 Å². The third-order valence-corrected chi connectivity index (χ3v) is 5.83. The summed E-state index contributed by atoms with van der Waals surface area (Å²) in [4.78, 5) is 27.6. The summed E-state index contributed by atoms with van der Waals surface area (Å²) in [5, 5.41) is 21.8. The fraction of sp³-hybridized carbons (Fsp3) is 0.185. The van der Waals surface area contributed by atoms with Crippen molar-refractivity contribution in [3.63, 3.8) is 0 Å². The molecule has 1 aliphatic heterocycles. The molecule has 3 aromatic rings. The minimum Gasteiger partial charge on any atom is -0.507 e. The van der Waals surface area contributed by atoms with Gasteiger partial charge in [0.05, 0.1) is 24.4 Å². The molecule has 0 aliphatic carbocycles. The van der Waals surface area contributed by atoms with Crippen molar-refractivity contribution in [2.75, 3.05) is 12.0 Å². The highest BCUT2D eigenvalue weighted by atomic mass is 16.5. The summed E-state index contributed by atoms with van der Waals surface area (Å²) < 4.78 is 5.43. The van der Waals surface area contributed by atoms with E-state index >= 15 is 0 Å². The normalized spacial score (nSPS) is 17.6. The maximum Gasteiger partial charge on any atom is 0.300 e. The number of ether oxygens (including phenoxy) is 1. The van der Waals surface area contributed by atoms with Gasteiger partial charge in [-0.1, -0.05) is 56.3 Å². The minimum absolute atomic E-state index is 0.0330. The van der Waals surface area contributed by atoms with Crippen molar-refractivity contribution in [3.05, 3.63) is 95.1 Å². The number of carbonyl (C=O) groups is 2. The lowest BCUT2D eigenvalue weighted by Crippen LogP contribution is -2.29. The quantitative estimate of drug-likeness (QED) is 0.324. The molecule has 1 fully saturated rings. The van der Waals surface area contributed by atoms with Crippen LogP contribution in [-0.4, -0.2) is 29.0 Å². The molecule has 0 spiro atoms. The van der Waals surface area contributed by atoms with Gasteiger partial charge in [0.2, 0.25) is 0 Å². The second-order valence-electron chi connectivity index (χ2n) is 8.18. The Morgan fingerprint density at radius 1 is 0.970 bits per heavy atom. The van der Waals surface area contributed by atoms with Crippen molar-refractivity contribution in [1.82, 2.24) is 0 Å². The predicted octanol–water partition coefficient (Wildman–Crippen LogP) is 5.15. The zero-order valence-electron chi connectivity index (χ0n) is 18.6. The first-order chi connectivity index (χ1) is 15.8. The second-order valence-corrected chi connectivity index (χ2v) is 8.18. The average molecular weight is 443 g/mol. The number of aromatic hydroxyl groups is 1. The molecule has 168 valence electrons. The molecule has 0 bridgehead atoms. The number of carbonyl (C=O) groups excluding carboxylic acids is 2. The third-order valence-electron chi connectivity index (χ3n) is 5.83. The van der Waals surface area contributed by atoms with E-state index in [1.807, 2.05) is 19.9 Å². The van der Waals surface area contributed by atoms with Gasteiger partial charge in [0.25, 0.3) is 11.7 Å². The minimum atomic E-state index is -0.899. The molecule has 2 N–H and O–H groups in total. The highest BCUT2D eigenvalue weighted by Crippen LogP contribution is 2.44. The number of ketones is 1. The smallest absolute Gasteiger partial charge is 0.300 e. The fourth-order valence-electron chi connectivity index (χ4n) is 4.19. The molecule has 0 aromatic heterocycles. The van der Waals surface area contributed by atoms with Crippen LogP contribution in [0.4, 0.5) is 5.69 Å². The molecule has 0 radical (unpaired) electrons. The molecule has 6 nitrogen and oxygen atoms in total. The highest BCUT2D eigenvalue weighted by molar-refractivity contribution is 6.51. The number of aliphatic hydroxyl groups is 1. The van der Waals surface area contributed by atoms with Gasteiger partial charge in [-0.15, -0.1) is 0 Å². The monoisotopic (exact) mass is 443 g/mol. The molecule has 1 amide bonds. The summed E-state index contributed by atoms with van der Waals surface area (Å²) in [6.07, 6.45) is 0. The molecule has 1 unspecified atom stereocenters. The van der Waals surface area contributed by atoms with Crippen molar-refractivity contribution in [1.29, 1.82) is 0 Å². The lowest BCUT2D eigenvalue weighted by Gasteiger charge is -2.26. The molecular formula is C27H25NO5. The van der Waals surface area contributed by atoms with Crippen LogP contribution >= 0.6 is 0 Å². The largest absolute Gasteiger partial charge is 0.507 e. The Hall–Kier alpha value is -4.06. The average Bonchev–Trinajstić information content (AvgIpc) is 3.09. The molecule has 1 atom stereocenters. The summed E-state index contributed by atoms with van der Waals surface area (Å²) in [6.45, 7) is 4.01. The summed E-state index contributed by atoms with van der Waals surface area (Å²) in [5.41, 5.74) is 2.09. The van der Waals surface area contributed by atoms with E-state index in [0.717, 1.165) is 5.56 Å². The number of benzene rings is 3. The molecule has 33 heavy (non-hydrogen) atoms. The van der Waals surface area contributed by atoms with Gasteiger partial charge in [-0.25, -0.2) is 0 Å². The maximum atomic E-state index is 13.2. The number of aliphatic hydroxyl groups excluding tert-OH is 1. The van der Waals surface area contributed by atoms with Crippen LogP contribution in [0.1, 0.15) is 42.5 Å². The fourth-order valence-corrected chi connectivity index (χ4v) is 4.19. The van der Waals surface area contributed by atoms with Gasteiger partial charge in [-0.2, -0.15) is 0 Å². The molecule has 6 heteroatoms. The number of amides is 1. The zero-order valence-corrected chi connectivity index (χ0v) is 18.6. The van der Waals surface area contributed by atoms with Crippen LogP contribution in [0.25, 0.3) is 5.76 Å². The topological polar surface area (TPSA) is 87.1 Å². The highest BCUT2D eigenvalue weighted by Gasteiger charge is 2.47. The van der Waals surface area contributed by atoms with Gasteiger partial charge in [0.15, 0.2) is 0 Å². The van der Waals surface area contributed by atoms with Crippen molar-refractivity contribution in [2.45, 2.75) is 25.8 Å². The number of phenols is 1. The number of phenolic OH excluding ortho intramolecular Hbond substituents is 1. The summed E-state index contributed by atoms with van der Waals surface area (Å²) in [7, 11) is 1.58. The molecule has 4 rings (SSSR count). The Balaban J connectivity index is 1.95. The van der Waals surface area contributed by atoms with Crippen LogP contribution in [0.2, 0.25) is 0 Å². The van der Waals surface area contributed by atoms with E-state index in [4.69, 9.17) is 4.74 Å². The maximum absolute atomic E-state index is 13.2. The standard InChI is InChI=1S/C27H25NO5/c1-16(2)19-15-18(13-14-22(19)33-3)25(30)23-24(17-9-5-4-6-10-17)28(27(32)26(23)31)20-11-7-8-12-21(20)29/h4-16,24,29-30H,1-3H3/b25-23-. The second kappa shape index (κ2) is 8.82. The van der Waals surface area contributed by atoms with Crippen molar-refractivity contribution in [2.24, 2.45) is 0 Å². The molecule has 0 saturated carbocycles. The Morgan fingerprint density at radius 3 is 2.27 bits per heavy atom. The molecule has 1 heterocycles. The van der Waals surface area contributed by atoms with Gasteiger partial charge in [0, 0.05) is 5.56 Å². The molecule has 3 aromatic carbocycles. The Morgan fingerprint density at radius 2 is 1.64 bits per heavy atom. The van der Waals surface area contributed by atoms with Gasteiger partial charge in [-0.05, 0) is 47.4 Å². The van der Waals surface area contributed by atoms with Gasteiger partial charge >= 0.3 is 0 Å². The number of anilines is 1. The Kier molecular flexibility index (Phi) is 5.92.